The van der Waals surface area contributed by atoms with Gasteiger partial charge in [-0.1, -0.05) is 158 Å². The Hall–Kier alpha value is -9.12. The maximum Gasteiger partial charge on any atom is 0.159 e. The van der Waals surface area contributed by atoms with Gasteiger partial charge in [0.15, 0.2) is 5.82 Å². The van der Waals surface area contributed by atoms with Crippen LogP contribution in [0.5, 0.6) is 0 Å². The lowest BCUT2D eigenvalue weighted by atomic mass is 9.90. The van der Waals surface area contributed by atoms with Crippen molar-refractivity contribution in [2.45, 2.75) is 0 Å². The van der Waals surface area contributed by atoms with Crippen molar-refractivity contribution in [3.8, 4) is 78.5 Å². The molecule has 0 bridgehead atoms. The molecule has 0 aliphatic heterocycles. The SMILES string of the molecule is c1ccc(-c2ccc(-c3cccc(-c4ccnc(-c5ccc(-n6c7ccccc7c7cc(-c8ccc9c(c8)c8ccccc8n9-c8ccccc8)ccc76)cc5)n4)c3)cc2-c2ccccc2)cc1. The van der Waals surface area contributed by atoms with Crippen molar-refractivity contribution < 1.29 is 0 Å². The number of fused-ring (bicyclic) bond motifs is 6. The Kier molecular flexibility index (Phi) is 9.47. The summed E-state index contributed by atoms with van der Waals surface area (Å²) in [4.78, 5) is 9.89. The van der Waals surface area contributed by atoms with Crippen LogP contribution in [0.1, 0.15) is 0 Å². The third-order valence-electron chi connectivity index (χ3n) is 13.4. The van der Waals surface area contributed by atoms with Crippen LogP contribution < -0.4 is 0 Å². The van der Waals surface area contributed by atoms with Gasteiger partial charge in [0.1, 0.15) is 0 Å². The van der Waals surface area contributed by atoms with E-state index in [1.807, 2.05) is 12.3 Å². The van der Waals surface area contributed by atoms with Crippen LogP contribution in [0, 0.1) is 0 Å². The molecule has 68 heavy (non-hydrogen) atoms. The van der Waals surface area contributed by atoms with Gasteiger partial charge in [0.05, 0.1) is 27.8 Å². The topological polar surface area (TPSA) is 35.6 Å². The van der Waals surface area contributed by atoms with Gasteiger partial charge in [0.2, 0.25) is 0 Å². The van der Waals surface area contributed by atoms with Gasteiger partial charge in [-0.2, -0.15) is 0 Å². The molecule has 0 amide bonds. The minimum atomic E-state index is 0.689. The molecule has 318 valence electrons. The van der Waals surface area contributed by atoms with Crippen LogP contribution in [0.3, 0.4) is 0 Å². The smallest absolute Gasteiger partial charge is 0.159 e. The lowest BCUT2D eigenvalue weighted by molar-refractivity contribution is 1.16. The summed E-state index contributed by atoms with van der Waals surface area (Å²) in [6, 6.07) is 89.2. The van der Waals surface area contributed by atoms with E-state index in [0.29, 0.717) is 5.82 Å². The van der Waals surface area contributed by atoms with Crippen molar-refractivity contribution in [1.29, 1.82) is 0 Å². The minimum Gasteiger partial charge on any atom is -0.309 e. The number of rotatable bonds is 8. The molecule has 4 nitrogen and oxygen atoms in total. The fourth-order valence-corrected chi connectivity index (χ4v) is 10.2. The average Bonchev–Trinajstić information content (AvgIpc) is 3.94. The first-order valence-corrected chi connectivity index (χ1v) is 23.1. The first kappa shape index (κ1) is 39.3. The normalized spacial score (nSPS) is 11.5. The lowest BCUT2D eigenvalue weighted by Gasteiger charge is -2.14. The number of benzene rings is 10. The summed E-state index contributed by atoms with van der Waals surface area (Å²) >= 11 is 0. The molecule has 0 atom stereocenters. The maximum absolute atomic E-state index is 5.13. The molecular weight excluding hydrogens is 825 g/mol. The molecule has 13 aromatic rings. The highest BCUT2D eigenvalue weighted by Gasteiger charge is 2.17. The largest absolute Gasteiger partial charge is 0.309 e. The molecule has 4 heteroatoms. The first-order chi connectivity index (χ1) is 33.7. The van der Waals surface area contributed by atoms with Crippen molar-refractivity contribution in [2.75, 3.05) is 0 Å². The molecule has 0 N–H and O–H groups in total. The molecule has 0 saturated carbocycles. The molecule has 0 radical (unpaired) electrons. The second-order valence-electron chi connectivity index (χ2n) is 17.4. The molecular formula is C64H42N4. The van der Waals surface area contributed by atoms with E-state index >= 15 is 0 Å². The quantitative estimate of drug-likeness (QED) is 0.153. The summed E-state index contributed by atoms with van der Waals surface area (Å²) in [6.45, 7) is 0. The van der Waals surface area contributed by atoms with E-state index in [-0.39, 0.29) is 0 Å². The molecule has 3 aromatic heterocycles. The summed E-state index contributed by atoms with van der Waals surface area (Å²) in [7, 11) is 0. The van der Waals surface area contributed by atoms with Crippen LogP contribution >= 0.6 is 0 Å². The highest BCUT2D eigenvalue weighted by molar-refractivity contribution is 6.12. The summed E-state index contributed by atoms with van der Waals surface area (Å²) in [6.07, 6.45) is 1.87. The van der Waals surface area contributed by atoms with Gasteiger partial charge in [-0.15, -0.1) is 0 Å². The van der Waals surface area contributed by atoms with Gasteiger partial charge in [-0.3, -0.25) is 0 Å². The Morgan fingerprint density at radius 2 is 0.721 bits per heavy atom. The van der Waals surface area contributed by atoms with Crippen LogP contribution in [-0.4, -0.2) is 19.1 Å². The van der Waals surface area contributed by atoms with E-state index in [2.05, 4.69) is 252 Å². The summed E-state index contributed by atoms with van der Waals surface area (Å²) in [5.74, 6) is 0.689. The van der Waals surface area contributed by atoms with Gasteiger partial charge in [0.25, 0.3) is 0 Å². The van der Waals surface area contributed by atoms with Crippen LogP contribution in [-0.2, 0) is 0 Å². The van der Waals surface area contributed by atoms with E-state index < -0.39 is 0 Å². The Bertz CT molecular complexity index is 4000. The molecule has 0 unspecified atom stereocenters. The predicted molar refractivity (Wildman–Crippen MR) is 283 cm³/mol. The molecule has 13 rings (SSSR count). The molecule has 0 aliphatic carbocycles. The van der Waals surface area contributed by atoms with E-state index in [4.69, 9.17) is 9.97 Å². The van der Waals surface area contributed by atoms with Crippen molar-refractivity contribution in [2.24, 2.45) is 0 Å². The third-order valence-corrected chi connectivity index (χ3v) is 13.4. The molecule has 0 spiro atoms. The van der Waals surface area contributed by atoms with Crippen LogP contribution in [0.15, 0.2) is 255 Å². The third kappa shape index (κ3) is 6.78. The van der Waals surface area contributed by atoms with E-state index in [9.17, 15) is 0 Å². The second-order valence-corrected chi connectivity index (χ2v) is 17.4. The van der Waals surface area contributed by atoms with Crippen molar-refractivity contribution in [3.05, 3.63) is 255 Å². The molecule has 3 heterocycles. The number of hydrogen-bond acceptors (Lipinski definition) is 2. The van der Waals surface area contributed by atoms with Crippen LogP contribution in [0.4, 0.5) is 0 Å². The van der Waals surface area contributed by atoms with Crippen molar-refractivity contribution in [1.82, 2.24) is 19.1 Å². The molecule has 0 aliphatic rings. The fourth-order valence-electron chi connectivity index (χ4n) is 10.2. The van der Waals surface area contributed by atoms with E-state index in [1.165, 1.54) is 66.0 Å². The summed E-state index contributed by atoms with van der Waals surface area (Å²) in [5, 5.41) is 4.93. The maximum atomic E-state index is 5.13. The number of aromatic nitrogens is 4. The molecule has 10 aromatic carbocycles. The van der Waals surface area contributed by atoms with Crippen LogP contribution in [0.25, 0.3) is 122 Å². The number of hydrogen-bond donors (Lipinski definition) is 0. The monoisotopic (exact) mass is 866 g/mol. The first-order valence-electron chi connectivity index (χ1n) is 23.1. The molecule has 0 saturated heterocycles. The standard InChI is InChI=1S/C64H42N4/c1-4-15-43(16-5-1)53-34-29-47(40-56(53)44-17-6-2-7-18-44)46-19-14-20-50(39-46)59-37-38-65-64(66-59)45-27-32-52(33-28-45)68-61-26-13-11-24-55(61)58-42-49(31-36-63(58)68)48-30-35-62-57(41-48)54-23-10-12-25-60(54)67(62)51-21-8-3-9-22-51/h1-42H. The number of para-hydroxylation sites is 3. The fraction of sp³-hybridized carbons (Fsp3) is 0. The Labute approximate surface area is 394 Å². The summed E-state index contributed by atoms with van der Waals surface area (Å²) < 4.78 is 4.74. The Balaban J connectivity index is 0.824. The van der Waals surface area contributed by atoms with Crippen molar-refractivity contribution in [3.63, 3.8) is 0 Å². The highest BCUT2D eigenvalue weighted by atomic mass is 15.0. The lowest BCUT2D eigenvalue weighted by Crippen LogP contribution is -1.95. The van der Waals surface area contributed by atoms with E-state index in [0.717, 1.165) is 50.4 Å². The number of nitrogens with zero attached hydrogens (tertiary/aromatic N) is 4. The Morgan fingerprint density at radius 3 is 1.35 bits per heavy atom. The van der Waals surface area contributed by atoms with Crippen LogP contribution in [0.2, 0.25) is 0 Å². The zero-order valence-electron chi connectivity index (χ0n) is 37.0. The molecule has 0 fully saturated rings. The minimum absolute atomic E-state index is 0.689. The Morgan fingerprint density at radius 1 is 0.265 bits per heavy atom. The average molecular weight is 867 g/mol. The predicted octanol–water partition coefficient (Wildman–Crippen LogP) is 16.7. The second kappa shape index (κ2) is 16.4. The zero-order chi connectivity index (χ0) is 45.0. The van der Waals surface area contributed by atoms with Gasteiger partial charge < -0.3 is 9.13 Å². The van der Waals surface area contributed by atoms with Gasteiger partial charge in [-0.05, 0) is 136 Å². The summed E-state index contributed by atoms with van der Waals surface area (Å²) in [5.41, 5.74) is 19.3. The highest BCUT2D eigenvalue weighted by Crippen LogP contribution is 2.40. The van der Waals surface area contributed by atoms with Gasteiger partial charge >= 0.3 is 0 Å². The van der Waals surface area contributed by atoms with E-state index in [1.54, 1.807) is 0 Å². The van der Waals surface area contributed by atoms with Gasteiger partial charge in [0, 0.05) is 50.2 Å². The van der Waals surface area contributed by atoms with Gasteiger partial charge in [-0.25, -0.2) is 9.97 Å². The van der Waals surface area contributed by atoms with Crippen molar-refractivity contribution >= 4 is 43.6 Å². The zero-order valence-corrected chi connectivity index (χ0v) is 37.0.